The van der Waals surface area contributed by atoms with Crippen molar-refractivity contribution in [1.29, 1.82) is 0 Å². The van der Waals surface area contributed by atoms with Crippen LogP contribution in [0.4, 0.5) is 0 Å². The lowest BCUT2D eigenvalue weighted by atomic mass is 10.0. The summed E-state index contributed by atoms with van der Waals surface area (Å²) in [6.45, 7) is 4.42. The summed E-state index contributed by atoms with van der Waals surface area (Å²) in [7, 11) is 2.08. The van der Waals surface area contributed by atoms with Crippen LogP contribution in [0.3, 0.4) is 0 Å². The Morgan fingerprint density at radius 2 is 1.62 bits per heavy atom. The Labute approximate surface area is 140 Å². The third kappa shape index (κ3) is 2.40. The molecule has 4 heteroatoms. The summed E-state index contributed by atoms with van der Waals surface area (Å²) in [5, 5.41) is 9.65. The van der Waals surface area contributed by atoms with Crippen LogP contribution in [0.1, 0.15) is 25.3 Å². The lowest BCUT2D eigenvalue weighted by Gasteiger charge is -2.03. The van der Waals surface area contributed by atoms with Gasteiger partial charge in [-0.3, -0.25) is 0 Å². The molecule has 0 aliphatic rings. The average molecular weight is 317 g/mol. The molecule has 2 heterocycles. The number of nitrogens with zero attached hydrogens (tertiary/aromatic N) is 3. The van der Waals surface area contributed by atoms with Gasteiger partial charge in [-0.2, -0.15) is 0 Å². The van der Waals surface area contributed by atoms with Gasteiger partial charge in [0.2, 0.25) is 11.8 Å². The zero-order valence-electron chi connectivity index (χ0n) is 14.0. The smallest absolute Gasteiger partial charge is 0.248 e. The summed E-state index contributed by atoms with van der Waals surface area (Å²) in [5.74, 6) is 1.56. The van der Waals surface area contributed by atoms with Crippen molar-refractivity contribution in [3.8, 4) is 22.9 Å². The molecule has 0 fully saturated rings. The standard InChI is InChI=1S/C20H19N3O/c1-13(2)17-12-23(3)18-10-9-15(11-16(17)18)20-22-21-19(24-20)14-7-5-4-6-8-14/h4-13H,1-3H3. The second-order valence-electron chi connectivity index (χ2n) is 6.36. The van der Waals surface area contributed by atoms with E-state index in [1.165, 1.54) is 16.5 Å². The van der Waals surface area contributed by atoms with Gasteiger partial charge in [-0.05, 0) is 41.8 Å². The van der Waals surface area contributed by atoms with E-state index in [4.69, 9.17) is 4.42 Å². The van der Waals surface area contributed by atoms with Gasteiger partial charge >= 0.3 is 0 Å². The predicted octanol–water partition coefficient (Wildman–Crippen LogP) is 5.02. The van der Waals surface area contributed by atoms with E-state index < -0.39 is 0 Å². The van der Waals surface area contributed by atoms with Gasteiger partial charge in [0.1, 0.15) is 0 Å². The highest BCUT2D eigenvalue weighted by Gasteiger charge is 2.14. The second kappa shape index (κ2) is 5.64. The van der Waals surface area contributed by atoms with Crippen LogP contribution in [-0.2, 0) is 7.05 Å². The van der Waals surface area contributed by atoms with E-state index in [1.807, 2.05) is 36.4 Å². The van der Waals surface area contributed by atoms with Crippen LogP contribution >= 0.6 is 0 Å². The minimum absolute atomic E-state index is 0.464. The van der Waals surface area contributed by atoms with E-state index >= 15 is 0 Å². The zero-order valence-corrected chi connectivity index (χ0v) is 14.0. The molecule has 2 aromatic heterocycles. The molecule has 0 spiro atoms. The van der Waals surface area contributed by atoms with Crippen molar-refractivity contribution < 1.29 is 4.42 Å². The Bertz CT molecular complexity index is 996. The molecule has 0 saturated carbocycles. The van der Waals surface area contributed by atoms with Crippen LogP contribution in [0.25, 0.3) is 33.8 Å². The molecule has 0 unspecified atom stereocenters. The largest absolute Gasteiger partial charge is 0.416 e. The van der Waals surface area contributed by atoms with Gasteiger partial charge < -0.3 is 8.98 Å². The first kappa shape index (κ1) is 14.7. The number of aryl methyl sites for hydroxylation is 1. The van der Waals surface area contributed by atoms with Gasteiger partial charge in [-0.1, -0.05) is 32.0 Å². The van der Waals surface area contributed by atoms with Crippen LogP contribution in [0.15, 0.2) is 59.1 Å². The Morgan fingerprint density at radius 3 is 2.33 bits per heavy atom. The molecule has 0 atom stereocenters. The Balaban J connectivity index is 1.80. The summed E-state index contributed by atoms with van der Waals surface area (Å²) < 4.78 is 8.05. The van der Waals surface area contributed by atoms with Crippen LogP contribution in [-0.4, -0.2) is 14.8 Å². The van der Waals surface area contributed by atoms with Crippen LogP contribution < -0.4 is 0 Å². The van der Waals surface area contributed by atoms with Crippen LogP contribution in [0, 0.1) is 0 Å². The Hall–Kier alpha value is -2.88. The van der Waals surface area contributed by atoms with E-state index in [2.05, 4.69) is 54.0 Å². The van der Waals surface area contributed by atoms with E-state index in [1.54, 1.807) is 0 Å². The Morgan fingerprint density at radius 1 is 0.917 bits per heavy atom. The molecule has 4 aromatic rings. The summed E-state index contributed by atoms with van der Waals surface area (Å²) in [4.78, 5) is 0. The minimum Gasteiger partial charge on any atom is -0.416 e. The number of aromatic nitrogens is 3. The molecule has 0 aliphatic carbocycles. The molecule has 0 radical (unpaired) electrons. The highest BCUT2D eigenvalue weighted by atomic mass is 16.4. The zero-order chi connectivity index (χ0) is 16.7. The number of hydrogen-bond acceptors (Lipinski definition) is 3. The Kier molecular flexibility index (Phi) is 3.45. The molecular weight excluding hydrogens is 298 g/mol. The first-order valence-corrected chi connectivity index (χ1v) is 8.12. The minimum atomic E-state index is 0.464. The molecule has 4 nitrogen and oxygen atoms in total. The van der Waals surface area contributed by atoms with Crippen LogP contribution in [0.2, 0.25) is 0 Å². The SMILES string of the molecule is CC(C)c1cn(C)c2ccc(-c3nnc(-c4ccccc4)o3)cc12. The third-order valence-electron chi connectivity index (χ3n) is 4.33. The number of benzene rings is 2. The maximum atomic E-state index is 5.88. The van der Waals surface area contributed by atoms with E-state index in [0.29, 0.717) is 17.7 Å². The monoisotopic (exact) mass is 317 g/mol. The van der Waals surface area contributed by atoms with Crippen molar-refractivity contribution in [2.45, 2.75) is 19.8 Å². The summed E-state index contributed by atoms with van der Waals surface area (Å²) in [6.07, 6.45) is 2.20. The fourth-order valence-corrected chi connectivity index (χ4v) is 3.05. The molecule has 2 aromatic carbocycles. The molecule has 0 N–H and O–H groups in total. The number of rotatable bonds is 3. The third-order valence-corrected chi connectivity index (χ3v) is 4.33. The average Bonchev–Trinajstić information content (AvgIpc) is 3.21. The van der Waals surface area contributed by atoms with Crippen LogP contribution in [0.5, 0.6) is 0 Å². The van der Waals surface area contributed by atoms with E-state index in [9.17, 15) is 0 Å². The van der Waals surface area contributed by atoms with E-state index in [0.717, 1.165) is 11.1 Å². The van der Waals surface area contributed by atoms with Crippen molar-refractivity contribution >= 4 is 10.9 Å². The molecule has 0 saturated heterocycles. The lowest BCUT2D eigenvalue weighted by Crippen LogP contribution is -1.84. The molecule has 0 amide bonds. The van der Waals surface area contributed by atoms with Crippen molar-refractivity contribution in [1.82, 2.24) is 14.8 Å². The molecule has 4 rings (SSSR count). The van der Waals surface area contributed by atoms with Crippen molar-refractivity contribution in [3.05, 3.63) is 60.3 Å². The summed E-state index contributed by atoms with van der Waals surface area (Å²) in [5.41, 5.74) is 4.42. The van der Waals surface area contributed by atoms with Gasteiger partial charge in [0.05, 0.1) is 0 Å². The quantitative estimate of drug-likeness (QED) is 0.533. The fraction of sp³-hybridized carbons (Fsp3) is 0.200. The van der Waals surface area contributed by atoms with Gasteiger partial charge in [0, 0.05) is 35.3 Å². The van der Waals surface area contributed by atoms with Gasteiger partial charge in [-0.15, -0.1) is 10.2 Å². The lowest BCUT2D eigenvalue weighted by molar-refractivity contribution is 0.584. The van der Waals surface area contributed by atoms with E-state index in [-0.39, 0.29) is 0 Å². The first-order valence-electron chi connectivity index (χ1n) is 8.12. The normalized spacial score (nSPS) is 11.5. The van der Waals surface area contributed by atoms with Crippen molar-refractivity contribution in [2.75, 3.05) is 0 Å². The maximum absolute atomic E-state index is 5.88. The molecule has 0 bridgehead atoms. The predicted molar refractivity (Wildman–Crippen MR) is 95.7 cm³/mol. The summed E-state index contributed by atoms with van der Waals surface area (Å²) >= 11 is 0. The number of fused-ring (bicyclic) bond motifs is 1. The van der Waals surface area contributed by atoms with Gasteiger partial charge in [-0.25, -0.2) is 0 Å². The molecule has 0 aliphatic heterocycles. The van der Waals surface area contributed by atoms with Crippen molar-refractivity contribution in [3.63, 3.8) is 0 Å². The number of hydrogen-bond donors (Lipinski definition) is 0. The highest BCUT2D eigenvalue weighted by Crippen LogP contribution is 2.31. The fourth-order valence-electron chi connectivity index (χ4n) is 3.05. The van der Waals surface area contributed by atoms with Crippen molar-refractivity contribution in [2.24, 2.45) is 7.05 Å². The molecule has 24 heavy (non-hydrogen) atoms. The topological polar surface area (TPSA) is 43.9 Å². The first-order chi connectivity index (χ1) is 11.6. The molecule has 120 valence electrons. The summed E-state index contributed by atoms with van der Waals surface area (Å²) in [6, 6.07) is 16.1. The highest BCUT2D eigenvalue weighted by molar-refractivity contribution is 5.88. The second-order valence-corrected chi connectivity index (χ2v) is 6.36. The van der Waals surface area contributed by atoms with Gasteiger partial charge in [0.15, 0.2) is 0 Å². The molecular formula is C20H19N3O. The van der Waals surface area contributed by atoms with Gasteiger partial charge in [0.25, 0.3) is 0 Å². The maximum Gasteiger partial charge on any atom is 0.248 e.